The van der Waals surface area contributed by atoms with Crippen molar-refractivity contribution in [2.24, 2.45) is 0 Å². The second kappa shape index (κ2) is 9.93. The lowest BCUT2D eigenvalue weighted by molar-refractivity contribution is 0.240. The predicted molar refractivity (Wildman–Crippen MR) is 102 cm³/mol. The van der Waals surface area contributed by atoms with E-state index in [1.807, 2.05) is 30.3 Å². The summed E-state index contributed by atoms with van der Waals surface area (Å²) in [6, 6.07) is 13.6. The molecule has 0 saturated heterocycles. The minimum absolute atomic E-state index is 0.195. The van der Waals surface area contributed by atoms with Crippen LogP contribution in [0.5, 0.6) is 11.5 Å². The van der Waals surface area contributed by atoms with Crippen molar-refractivity contribution in [1.82, 2.24) is 10.6 Å². The second-order valence-corrected chi connectivity index (χ2v) is 6.41. The van der Waals surface area contributed by atoms with E-state index >= 15 is 0 Å². The van der Waals surface area contributed by atoms with Crippen molar-refractivity contribution >= 4 is 22.0 Å². The van der Waals surface area contributed by atoms with Crippen LogP contribution >= 0.6 is 15.9 Å². The van der Waals surface area contributed by atoms with Gasteiger partial charge >= 0.3 is 6.03 Å². The first kappa shape index (κ1) is 19.1. The van der Waals surface area contributed by atoms with Gasteiger partial charge in [0.1, 0.15) is 0 Å². The van der Waals surface area contributed by atoms with Crippen molar-refractivity contribution in [3.05, 3.63) is 58.1 Å². The van der Waals surface area contributed by atoms with Crippen molar-refractivity contribution in [1.29, 1.82) is 0 Å². The van der Waals surface area contributed by atoms with Crippen LogP contribution in [0.2, 0.25) is 0 Å². The van der Waals surface area contributed by atoms with E-state index in [1.165, 1.54) is 5.56 Å². The molecule has 0 aliphatic rings. The van der Waals surface area contributed by atoms with Crippen LogP contribution in [0.4, 0.5) is 4.79 Å². The number of benzene rings is 2. The number of carbonyl (C=O) groups excluding carboxylic acids is 1. The van der Waals surface area contributed by atoms with Gasteiger partial charge < -0.3 is 20.1 Å². The third-order valence-corrected chi connectivity index (χ3v) is 4.23. The molecule has 2 amide bonds. The van der Waals surface area contributed by atoms with Crippen molar-refractivity contribution < 1.29 is 14.3 Å². The van der Waals surface area contributed by atoms with E-state index in [2.05, 4.69) is 38.7 Å². The van der Waals surface area contributed by atoms with Gasteiger partial charge in [-0.3, -0.25) is 0 Å². The van der Waals surface area contributed by atoms with Gasteiger partial charge in [0.05, 0.1) is 14.2 Å². The van der Waals surface area contributed by atoms with Gasteiger partial charge in [-0.15, -0.1) is 0 Å². The lowest BCUT2D eigenvalue weighted by Gasteiger charge is -2.13. The molecule has 0 aliphatic carbocycles. The third-order valence-electron chi connectivity index (χ3n) is 3.74. The number of carbonyl (C=O) groups is 1. The standard InChI is InChI=1S/C19H23BrN2O3/c1-24-17-10-4-8-15(18(17)25-2)13-22-19(23)21-11-5-7-14-6-3-9-16(20)12-14/h3-4,6,8-10,12H,5,7,11,13H2,1-2H3,(H2,21,22,23). The fourth-order valence-corrected chi connectivity index (χ4v) is 2.96. The molecule has 25 heavy (non-hydrogen) atoms. The summed E-state index contributed by atoms with van der Waals surface area (Å²) < 4.78 is 11.7. The Kier molecular flexibility index (Phi) is 7.60. The molecule has 0 unspecified atom stereocenters. The summed E-state index contributed by atoms with van der Waals surface area (Å²) in [5.41, 5.74) is 2.11. The average Bonchev–Trinajstić information content (AvgIpc) is 2.63. The normalized spacial score (nSPS) is 10.2. The lowest BCUT2D eigenvalue weighted by Crippen LogP contribution is -2.35. The minimum atomic E-state index is -0.195. The van der Waals surface area contributed by atoms with E-state index < -0.39 is 0 Å². The molecule has 5 nitrogen and oxygen atoms in total. The molecular formula is C19H23BrN2O3. The predicted octanol–water partition coefficient (Wildman–Crippen LogP) is 3.90. The van der Waals surface area contributed by atoms with E-state index in [9.17, 15) is 4.79 Å². The molecule has 134 valence electrons. The quantitative estimate of drug-likeness (QED) is 0.653. The van der Waals surface area contributed by atoms with Gasteiger partial charge in [0.15, 0.2) is 11.5 Å². The maximum atomic E-state index is 11.9. The first-order valence-electron chi connectivity index (χ1n) is 8.10. The van der Waals surface area contributed by atoms with E-state index in [1.54, 1.807) is 14.2 Å². The summed E-state index contributed by atoms with van der Waals surface area (Å²) in [4.78, 5) is 11.9. The fourth-order valence-electron chi connectivity index (χ4n) is 2.52. The van der Waals surface area contributed by atoms with Crippen LogP contribution < -0.4 is 20.1 Å². The SMILES string of the molecule is COc1cccc(CNC(=O)NCCCc2cccc(Br)c2)c1OC. The average molecular weight is 407 g/mol. The van der Waals surface area contributed by atoms with Crippen LogP contribution in [0, 0.1) is 0 Å². The summed E-state index contributed by atoms with van der Waals surface area (Å²) in [5.74, 6) is 1.29. The molecule has 0 saturated carbocycles. The monoisotopic (exact) mass is 406 g/mol. The largest absolute Gasteiger partial charge is 0.493 e. The van der Waals surface area contributed by atoms with Gasteiger partial charge in [0.25, 0.3) is 0 Å². The van der Waals surface area contributed by atoms with Gasteiger partial charge in [-0.1, -0.05) is 40.2 Å². The Morgan fingerprint density at radius 2 is 1.88 bits per heavy atom. The van der Waals surface area contributed by atoms with Gasteiger partial charge in [0.2, 0.25) is 0 Å². The molecule has 0 radical (unpaired) electrons. The van der Waals surface area contributed by atoms with Crippen LogP contribution in [0.25, 0.3) is 0 Å². The van der Waals surface area contributed by atoms with Gasteiger partial charge in [0, 0.05) is 23.1 Å². The molecule has 0 aliphatic heterocycles. The van der Waals surface area contributed by atoms with Crippen LogP contribution in [0.3, 0.4) is 0 Å². The Morgan fingerprint density at radius 3 is 2.60 bits per heavy atom. The molecule has 0 atom stereocenters. The van der Waals surface area contributed by atoms with Gasteiger partial charge in [-0.25, -0.2) is 4.79 Å². The number of hydrogen-bond acceptors (Lipinski definition) is 3. The minimum Gasteiger partial charge on any atom is -0.493 e. The molecule has 2 aromatic carbocycles. The topological polar surface area (TPSA) is 59.6 Å². The Bertz CT molecular complexity index is 707. The Hall–Kier alpha value is -2.21. The van der Waals surface area contributed by atoms with E-state index in [4.69, 9.17) is 9.47 Å². The number of halogens is 1. The smallest absolute Gasteiger partial charge is 0.315 e. The number of hydrogen-bond donors (Lipinski definition) is 2. The molecule has 6 heteroatoms. The molecule has 0 aromatic heterocycles. The highest BCUT2D eigenvalue weighted by molar-refractivity contribution is 9.10. The summed E-state index contributed by atoms with van der Waals surface area (Å²) in [7, 11) is 3.18. The highest BCUT2D eigenvalue weighted by Crippen LogP contribution is 2.30. The first-order chi connectivity index (χ1) is 12.1. The van der Waals surface area contributed by atoms with Crippen LogP contribution in [-0.4, -0.2) is 26.8 Å². The number of ether oxygens (including phenoxy) is 2. The molecule has 0 bridgehead atoms. The highest BCUT2D eigenvalue weighted by atomic mass is 79.9. The van der Waals surface area contributed by atoms with Crippen molar-refractivity contribution in [3.8, 4) is 11.5 Å². The highest BCUT2D eigenvalue weighted by Gasteiger charge is 2.10. The summed E-state index contributed by atoms with van der Waals surface area (Å²) >= 11 is 3.46. The van der Waals surface area contributed by atoms with E-state index in [0.717, 1.165) is 22.9 Å². The summed E-state index contributed by atoms with van der Waals surface area (Å²) in [5, 5.41) is 5.71. The molecule has 2 N–H and O–H groups in total. The Balaban J connectivity index is 1.74. The Labute approximate surface area is 156 Å². The van der Waals surface area contributed by atoms with E-state index in [-0.39, 0.29) is 6.03 Å². The van der Waals surface area contributed by atoms with Crippen molar-refractivity contribution in [3.63, 3.8) is 0 Å². The zero-order chi connectivity index (χ0) is 18.1. The molecule has 0 spiro atoms. The van der Waals surface area contributed by atoms with Gasteiger partial charge in [-0.2, -0.15) is 0 Å². The van der Waals surface area contributed by atoms with Gasteiger partial charge in [-0.05, 0) is 36.6 Å². The molecule has 0 fully saturated rings. The first-order valence-corrected chi connectivity index (χ1v) is 8.89. The zero-order valence-electron chi connectivity index (χ0n) is 14.5. The second-order valence-electron chi connectivity index (χ2n) is 5.50. The maximum absolute atomic E-state index is 11.9. The molecule has 0 heterocycles. The third kappa shape index (κ3) is 5.98. The van der Waals surface area contributed by atoms with Crippen molar-refractivity contribution in [2.75, 3.05) is 20.8 Å². The molecular weight excluding hydrogens is 384 g/mol. The molecule has 2 rings (SSSR count). The van der Waals surface area contributed by atoms with E-state index in [0.29, 0.717) is 24.6 Å². The maximum Gasteiger partial charge on any atom is 0.315 e. The van der Waals surface area contributed by atoms with Crippen molar-refractivity contribution in [2.45, 2.75) is 19.4 Å². The lowest BCUT2D eigenvalue weighted by atomic mass is 10.1. The number of amides is 2. The summed E-state index contributed by atoms with van der Waals surface area (Å²) in [6.45, 7) is 0.991. The number of para-hydroxylation sites is 1. The van der Waals surface area contributed by atoms with Crippen LogP contribution in [0.1, 0.15) is 17.5 Å². The zero-order valence-corrected chi connectivity index (χ0v) is 16.1. The number of urea groups is 1. The van der Waals surface area contributed by atoms with Crippen LogP contribution in [0.15, 0.2) is 46.9 Å². The summed E-state index contributed by atoms with van der Waals surface area (Å²) in [6.07, 6.45) is 1.80. The Morgan fingerprint density at radius 1 is 1.08 bits per heavy atom. The number of rotatable bonds is 8. The van der Waals surface area contributed by atoms with Crippen LogP contribution in [-0.2, 0) is 13.0 Å². The number of aryl methyl sites for hydroxylation is 1. The number of methoxy groups -OCH3 is 2. The fraction of sp³-hybridized carbons (Fsp3) is 0.316. The molecule has 2 aromatic rings. The number of nitrogens with one attached hydrogen (secondary N) is 2.